The van der Waals surface area contributed by atoms with Crippen molar-refractivity contribution in [3.8, 4) is 0 Å². The molecule has 0 aromatic heterocycles. The van der Waals surface area contributed by atoms with Crippen molar-refractivity contribution in [2.24, 2.45) is 0 Å². The average molecular weight is 291 g/mol. The van der Waals surface area contributed by atoms with Gasteiger partial charge in [-0.05, 0) is 42.8 Å². The number of carbonyl (C=O) groups is 1. The first-order chi connectivity index (χ1) is 10.1. The molecule has 2 aromatic rings. The Bertz CT molecular complexity index is 644. The molecule has 0 saturated carbocycles. The fraction of sp³-hybridized carbons (Fsp3) is 0.188. The summed E-state index contributed by atoms with van der Waals surface area (Å²) in [6, 6.07) is 10.5. The van der Waals surface area contributed by atoms with E-state index in [0.717, 1.165) is 12.1 Å². The third-order valence-electron chi connectivity index (χ3n) is 2.85. The van der Waals surface area contributed by atoms with Crippen molar-refractivity contribution in [3.05, 3.63) is 65.2 Å². The van der Waals surface area contributed by atoms with Crippen molar-refractivity contribution >= 4 is 11.7 Å². The molecule has 2 rings (SSSR count). The Kier molecular flexibility index (Phi) is 4.87. The number of carbonyl (C=O) groups excluding carboxylic acids is 1. The van der Waals surface area contributed by atoms with Gasteiger partial charge >= 0.3 is 5.97 Å². The lowest BCUT2D eigenvalue weighted by atomic mass is 10.2. The van der Waals surface area contributed by atoms with Crippen molar-refractivity contribution in [3.63, 3.8) is 0 Å². The summed E-state index contributed by atoms with van der Waals surface area (Å²) in [5.41, 5.74) is 1.74. The molecule has 0 aliphatic heterocycles. The van der Waals surface area contributed by atoms with E-state index in [-0.39, 0.29) is 0 Å². The largest absolute Gasteiger partial charge is 0.462 e. The Hall–Kier alpha value is -2.43. The molecule has 0 aliphatic carbocycles. The van der Waals surface area contributed by atoms with Crippen LogP contribution in [0.5, 0.6) is 0 Å². The van der Waals surface area contributed by atoms with Gasteiger partial charge in [0.15, 0.2) is 11.6 Å². The van der Waals surface area contributed by atoms with Crippen molar-refractivity contribution in [2.75, 3.05) is 11.9 Å². The number of rotatable bonds is 5. The van der Waals surface area contributed by atoms with E-state index in [4.69, 9.17) is 4.74 Å². The maximum atomic E-state index is 13.1. The van der Waals surface area contributed by atoms with Crippen LogP contribution in [-0.2, 0) is 11.3 Å². The topological polar surface area (TPSA) is 38.3 Å². The minimum absolute atomic E-state index is 0.311. The van der Waals surface area contributed by atoms with Crippen LogP contribution < -0.4 is 5.32 Å². The van der Waals surface area contributed by atoms with E-state index in [9.17, 15) is 13.6 Å². The average Bonchev–Trinajstić information content (AvgIpc) is 2.49. The monoisotopic (exact) mass is 291 g/mol. The normalized spacial score (nSPS) is 10.2. The van der Waals surface area contributed by atoms with Gasteiger partial charge in [-0.1, -0.05) is 12.1 Å². The summed E-state index contributed by atoms with van der Waals surface area (Å²) in [7, 11) is 0. The number of benzene rings is 2. The highest BCUT2D eigenvalue weighted by atomic mass is 19.2. The molecule has 0 spiro atoms. The number of esters is 1. The second-order valence-corrected chi connectivity index (χ2v) is 4.40. The summed E-state index contributed by atoms with van der Waals surface area (Å²) in [6.45, 7) is 2.37. The smallest absolute Gasteiger partial charge is 0.338 e. The van der Waals surface area contributed by atoms with E-state index < -0.39 is 17.6 Å². The van der Waals surface area contributed by atoms with Gasteiger partial charge in [0, 0.05) is 12.2 Å². The first-order valence-corrected chi connectivity index (χ1v) is 6.55. The molecule has 3 nitrogen and oxygen atoms in total. The summed E-state index contributed by atoms with van der Waals surface area (Å²) in [5, 5.41) is 3.05. The number of ether oxygens (including phenoxy) is 1. The Morgan fingerprint density at radius 2 is 1.95 bits per heavy atom. The summed E-state index contributed by atoms with van der Waals surface area (Å²) >= 11 is 0. The molecular weight excluding hydrogens is 276 g/mol. The fourth-order valence-electron chi connectivity index (χ4n) is 1.82. The molecule has 0 unspecified atom stereocenters. The molecular formula is C16H15F2NO2. The number of anilines is 1. The van der Waals surface area contributed by atoms with Gasteiger partial charge in [-0.3, -0.25) is 0 Å². The van der Waals surface area contributed by atoms with Crippen LogP contribution in [0.1, 0.15) is 22.8 Å². The molecule has 0 aliphatic rings. The first-order valence-electron chi connectivity index (χ1n) is 6.55. The van der Waals surface area contributed by atoms with Crippen LogP contribution in [0.3, 0.4) is 0 Å². The van der Waals surface area contributed by atoms with Gasteiger partial charge in [0.2, 0.25) is 0 Å². The van der Waals surface area contributed by atoms with Crippen LogP contribution in [0.2, 0.25) is 0 Å². The maximum Gasteiger partial charge on any atom is 0.338 e. The van der Waals surface area contributed by atoms with Crippen LogP contribution in [0.4, 0.5) is 14.5 Å². The lowest BCUT2D eigenvalue weighted by Gasteiger charge is -2.08. The molecule has 0 saturated heterocycles. The third-order valence-corrected chi connectivity index (χ3v) is 2.85. The highest BCUT2D eigenvalue weighted by molar-refractivity contribution is 5.90. The molecule has 5 heteroatoms. The minimum atomic E-state index is -0.880. The quantitative estimate of drug-likeness (QED) is 0.853. The van der Waals surface area contributed by atoms with Gasteiger partial charge in [-0.15, -0.1) is 0 Å². The lowest BCUT2D eigenvalue weighted by molar-refractivity contribution is 0.0526. The molecule has 0 fully saturated rings. The highest BCUT2D eigenvalue weighted by Gasteiger charge is 2.07. The molecule has 110 valence electrons. The van der Waals surface area contributed by atoms with E-state index in [1.807, 2.05) is 0 Å². The van der Waals surface area contributed by atoms with Crippen LogP contribution in [0.25, 0.3) is 0 Å². The van der Waals surface area contributed by atoms with Gasteiger partial charge in [-0.2, -0.15) is 0 Å². The van der Waals surface area contributed by atoms with E-state index >= 15 is 0 Å². The van der Waals surface area contributed by atoms with Gasteiger partial charge in [-0.25, -0.2) is 13.6 Å². The number of halogens is 2. The molecule has 21 heavy (non-hydrogen) atoms. The standard InChI is InChI=1S/C16H15F2NO2/c1-2-21-16(20)12-4-3-5-13(9-12)19-10-11-6-7-14(17)15(18)8-11/h3-9,19H,2,10H2,1H3. The fourth-order valence-corrected chi connectivity index (χ4v) is 1.82. The highest BCUT2D eigenvalue weighted by Crippen LogP contribution is 2.14. The van der Waals surface area contributed by atoms with E-state index in [1.54, 1.807) is 31.2 Å². The van der Waals surface area contributed by atoms with E-state index in [2.05, 4.69) is 5.32 Å². The Morgan fingerprint density at radius 1 is 1.14 bits per heavy atom. The van der Waals surface area contributed by atoms with E-state index in [0.29, 0.717) is 30.0 Å². The molecule has 2 aromatic carbocycles. The zero-order valence-electron chi connectivity index (χ0n) is 11.5. The predicted molar refractivity (Wildman–Crippen MR) is 76.1 cm³/mol. The summed E-state index contributed by atoms with van der Waals surface area (Å²) in [5.74, 6) is -2.15. The summed E-state index contributed by atoms with van der Waals surface area (Å²) in [4.78, 5) is 11.6. The molecule has 0 bridgehead atoms. The Balaban J connectivity index is 2.04. The van der Waals surface area contributed by atoms with Gasteiger partial charge in [0.1, 0.15) is 0 Å². The Morgan fingerprint density at radius 3 is 2.67 bits per heavy atom. The third kappa shape index (κ3) is 4.02. The van der Waals surface area contributed by atoms with Crippen LogP contribution >= 0.6 is 0 Å². The zero-order chi connectivity index (χ0) is 15.2. The second kappa shape index (κ2) is 6.83. The van der Waals surface area contributed by atoms with Crippen molar-refractivity contribution in [2.45, 2.75) is 13.5 Å². The molecule has 0 radical (unpaired) electrons. The van der Waals surface area contributed by atoms with Crippen LogP contribution in [0.15, 0.2) is 42.5 Å². The zero-order valence-corrected chi connectivity index (χ0v) is 11.5. The number of nitrogens with one attached hydrogen (secondary N) is 1. The lowest BCUT2D eigenvalue weighted by Crippen LogP contribution is -2.06. The van der Waals surface area contributed by atoms with Crippen molar-refractivity contribution in [1.82, 2.24) is 0 Å². The maximum absolute atomic E-state index is 13.1. The Labute approximate surface area is 121 Å². The summed E-state index contributed by atoms with van der Waals surface area (Å²) in [6.07, 6.45) is 0. The number of hydrogen-bond acceptors (Lipinski definition) is 3. The molecule has 0 amide bonds. The number of hydrogen-bond donors (Lipinski definition) is 1. The predicted octanol–water partition coefficient (Wildman–Crippen LogP) is 3.75. The van der Waals surface area contributed by atoms with Gasteiger partial charge < -0.3 is 10.1 Å². The SMILES string of the molecule is CCOC(=O)c1cccc(NCc2ccc(F)c(F)c2)c1. The molecule has 0 atom stereocenters. The van der Waals surface area contributed by atoms with Crippen LogP contribution in [0, 0.1) is 11.6 Å². The van der Waals surface area contributed by atoms with Gasteiger partial charge in [0.05, 0.1) is 12.2 Å². The first kappa shape index (κ1) is 15.0. The van der Waals surface area contributed by atoms with Crippen molar-refractivity contribution in [1.29, 1.82) is 0 Å². The van der Waals surface area contributed by atoms with Crippen molar-refractivity contribution < 1.29 is 18.3 Å². The molecule has 1 N–H and O–H groups in total. The van der Waals surface area contributed by atoms with E-state index in [1.165, 1.54) is 6.07 Å². The van der Waals surface area contributed by atoms with Crippen LogP contribution in [-0.4, -0.2) is 12.6 Å². The second-order valence-electron chi connectivity index (χ2n) is 4.40. The molecule has 0 heterocycles. The minimum Gasteiger partial charge on any atom is -0.462 e. The van der Waals surface area contributed by atoms with Gasteiger partial charge in [0.25, 0.3) is 0 Å². The summed E-state index contributed by atoms with van der Waals surface area (Å²) < 4.78 is 30.8.